The van der Waals surface area contributed by atoms with Gasteiger partial charge in [-0.3, -0.25) is 0 Å². The van der Waals surface area contributed by atoms with Gasteiger partial charge in [-0.2, -0.15) is 5.26 Å². The second-order valence-electron chi connectivity index (χ2n) is 2.44. The van der Waals surface area contributed by atoms with Crippen LogP contribution in [0.3, 0.4) is 0 Å². The molecule has 15 heavy (non-hydrogen) atoms. The first-order valence-corrected chi connectivity index (χ1v) is 4.45. The summed E-state index contributed by atoms with van der Waals surface area (Å²) in [6.45, 7) is 0. The van der Waals surface area contributed by atoms with Crippen molar-refractivity contribution in [1.29, 1.82) is 5.26 Å². The maximum atomic E-state index is 11.8. The van der Waals surface area contributed by atoms with Gasteiger partial charge in [0.2, 0.25) is 0 Å². The molecule has 80 valence electrons. The number of nitrogens with zero attached hydrogens (tertiary/aromatic N) is 1. The molecule has 0 aliphatic heterocycles. The van der Waals surface area contributed by atoms with Crippen molar-refractivity contribution < 1.29 is 17.9 Å². The Hall–Kier alpha value is -1.55. The van der Waals surface area contributed by atoms with Crippen molar-refractivity contribution in [2.75, 3.05) is 5.73 Å². The van der Waals surface area contributed by atoms with Gasteiger partial charge in [0.25, 0.3) is 0 Å². The Balaban J connectivity index is 2.93. The molecule has 0 fully saturated rings. The predicted molar refractivity (Wildman–Crippen MR) is 49.0 cm³/mol. The lowest BCUT2D eigenvalue weighted by Crippen LogP contribution is -2.17. The molecule has 2 N–H and O–H groups in total. The Bertz CT molecular complexity index is 400. The molecule has 0 aliphatic carbocycles. The predicted octanol–water partition coefficient (Wildman–Crippen LogP) is 2.74. The molecule has 0 radical (unpaired) electrons. The van der Waals surface area contributed by atoms with E-state index in [9.17, 15) is 13.2 Å². The van der Waals surface area contributed by atoms with Gasteiger partial charge in [0.15, 0.2) is 0 Å². The molecule has 0 bridgehead atoms. The summed E-state index contributed by atoms with van der Waals surface area (Å²) < 4.78 is 39.2. The third kappa shape index (κ3) is 3.59. The van der Waals surface area contributed by atoms with Crippen LogP contribution in [0.2, 0.25) is 0 Å². The van der Waals surface area contributed by atoms with Gasteiger partial charge in [0.1, 0.15) is 11.2 Å². The summed E-state index contributed by atoms with van der Waals surface area (Å²) in [6.07, 6.45) is -4.75. The lowest BCUT2D eigenvalue weighted by atomic mass is 10.3. The van der Waals surface area contributed by atoms with E-state index in [1.807, 2.05) is 0 Å². The molecule has 0 amide bonds. The van der Waals surface area contributed by atoms with Crippen molar-refractivity contribution in [3.8, 4) is 11.2 Å². The summed E-state index contributed by atoms with van der Waals surface area (Å²) >= 11 is 0.675. The average Bonchev–Trinajstić information content (AvgIpc) is 2.09. The molecule has 0 aliphatic rings. The number of nitrogen functional groups attached to an aromatic ring is 1. The second-order valence-corrected chi connectivity index (χ2v) is 3.27. The third-order valence-corrected chi connectivity index (χ3v) is 2.04. The topological polar surface area (TPSA) is 59.0 Å². The maximum Gasteiger partial charge on any atom is 0.573 e. The van der Waals surface area contributed by atoms with E-state index in [1.165, 1.54) is 6.07 Å². The van der Waals surface area contributed by atoms with E-state index >= 15 is 0 Å². The minimum Gasteiger partial charge on any atom is -0.406 e. The first kappa shape index (κ1) is 11.5. The number of hydrogen-bond donors (Lipinski definition) is 1. The molecule has 0 atom stereocenters. The fourth-order valence-corrected chi connectivity index (χ4v) is 1.31. The maximum absolute atomic E-state index is 11.8. The van der Waals surface area contributed by atoms with Crippen LogP contribution in [0.1, 0.15) is 0 Å². The van der Waals surface area contributed by atoms with E-state index in [0.717, 1.165) is 12.1 Å². The smallest absolute Gasteiger partial charge is 0.406 e. The number of thiocyanates is 1. The van der Waals surface area contributed by atoms with Gasteiger partial charge in [-0.15, -0.1) is 13.2 Å². The Kier molecular flexibility index (Phi) is 3.31. The van der Waals surface area contributed by atoms with Crippen molar-refractivity contribution in [2.24, 2.45) is 0 Å². The van der Waals surface area contributed by atoms with Crippen molar-refractivity contribution in [3.63, 3.8) is 0 Å². The zero-order chi connectivity index (χ0) is 11.5. The van der Waals surface area contributed by atoms with Gasteiger partial charge in [0.05, 0.1) is 0 Å². The van der Waals surface area contributed by atoms with Crippen LogP contribution in [0.25, 0.3) is 0 Å². The molecule has 0 spiro atoms. The van der Waals surface area contributed by atoms with Crippen LogP contribution in [0.15, 0.2) is 23.1 Å². The molecule has 1 aromatic carbocycles. The highest BCUT2D eigenvalue weighted by atomic mass is 32.2. The Morgan fingerprint density at radius 1 is 1.40 bits per heavy atom. The van der Waals surface area contributed by atoms with E-state index < -0.39 is 12.1 Å². The summed E-state index contributed by atoms with van der Waals surface area (Å²) in [5, 5.41) is 10.1. The Morgan fingerprint density at radius 2 is 2.07 bits per heavy atom. The summed E-state index contributed by atoms with van der Waals surface area (Å²) in [6, 6.07) is 3.40. The summed E-state index contributed by atoms with van der Waals surface area (Å²) in [5.41, 5.74) is 5.66. The minimum atomic E-state index is -4.75. The molecule has 7 heteroatoms. The molecule has 0 saturated heterocycles. The number of rotatable bonds is 2. The van der Waals surface area contributed by atoms with Gasteiger partial charge in [0, 0.05) is 10.6 Å². The number of halogens is 3. The van der Waals surface area contributed by atoms with Crippen molar-refractivity contribution in [2.45, 2.75) is 11.3 Å². The van der Waals surface area contributed by atoms with Gasteiger partial charge in [-0.05, 0) is 30.0 Å². The van der Waals surface area contributed by atoms with Crippen molar-refractivity contribution in [1.82, 2.24) is 0 Å². The van der Waals surface area contributed by atoms with Gasteiger partial charge in [-0.25, -0.2) is 0 Å². The lowest BCUT2D eigenvalue weighted by Gasteiger charge is -2.09. The monoisotopic (exact) mass is 234 g/mol. The average molecular weight is 234 g/mol. The Labute approximate surface area is 87.6 Å². The standard InChI is InChI=1S/C8H5F3N2OS/c9-8(10,11)14-5-1-2-6(13)7(3-5)15-4-12/h1-3H,13H2. The van der Waals surface area contributed by atoms with Gasteiger partial charge >= 0.3 is 6.36 Å². The van der Waals surface area contributed by atoms with Crippen LogP contribution in [-0.4, -0.2) is 6.36 Å². The lowest BCUT2D eigenvalue weighted by molar-refractivity contribution is -0.274. The molecule has 0 unspecified atom stereocenters. The van der Waals surface area contributed by atoms with E-state index in [4.69, 9.17) is 11.0 Å². The van der Waals surface area contributed by atoms with Crippen molar-refractivity contribution >= 4 is 17.4 Å². The fraction of sp³-hybridized carbons (Fsp3) is 0.125. The van der Waals surface area contributed by atoms with E-state index in [2.05, 4.69) is 4.74 Å². The van der Waals surface area contributed by atoms with Gasteiger partial charge < -0.3 is 10.5 Å². The molecule has 0 heterocycles. The number of nitriles is 1. The molecule has 1 aromatic rings. The summed E-state index contributed by atoms with van der Waals surface area (Å²) in [4.78, 5) is 0.235. The normalized spacial score (nSPS) is 10.8. The van der Waals surface area contributed by atoms with E-state index in [0.29, 0.717) is 11.8 Å². The molecular formula is C8H5F3N2OS. The Morgan fingerprint density at radius 3 is 2.60 bits per heavy atom. The number of thioether (sulfide) groups is 1. The molecule has 0 saturated carbocycles. The van der Waals surface area contributed by atoms with E-state index in [1.54, 1.807) is 5.40 Å². The quantitative estimate of drug-likeness (QED) is 0.485. The third-order valence-electron chi connectivity index (χ3n) is 1.37. The number of benzene rings is 1. The molecule has 0 aromatic heterocycles. The highest BCUT2D eigenvalue weighted by Gasteiger charge is 2.31. The SMILES string of the molecule is N#CSc1cc(OC(F)(F)F)ccc1N. The van der Waals surface area contributed by atoms with Crippen molar-refractivity contribution in [3.05, 3.63) is 18.2 Å². The van der Waals surface area contributed by atoms with Crippen LogP contribution >= 0.6 is 11.8 Å². The first-order chi connectivity index (χ1) is 6.92. The minimum absolute atomic E-state index is 0.232. The van der Waals surface area contributed by atoms with E-state index in [-0.39, 0.29) is 10.6 Å². The number of alkyl halides is 3. The molecule has 3 nitrogen and oxygen atoms in total. The number of anilines is 1. The van der Waals surface area contributed by atoms with Crippen LogP contribution in [0, 0.1) is 10.7 Å². The van der Waals surface area contributed by atoms with Gasteiger partial charge in [-0.1, -0.05) is 0 Å². The van der Waals surface area contributed by atoms with Crippen LogP contribution < -0.4 is 10.5 Å². The largest absolute Gasteiger partial charge is 0.573 e. The first-order valence-electron chi connectivity index (χ1n) is 3.63. The summed E-state index contributed by atoms with van der Waals surface area (Å²) in [5.74, 6) is -0.394. The highest BCUT2D eigenvalue weighted by molar-refractivity contribution is 8.03. The van der Waals surface area contributed by atoms with Crippen LogP contribution in [0.5, 0.6) is 5.75 Å². The summed E-state index contributed by atoms with van der Waals surface area (Å²) in [7, 11) is 0. The van der Waals surface area contributed by atoms with Crippen LogP contribution in [-0.2, 0) is 0 Å². The van der Waals surface area contributed by atoms with Crippen LogP contribution in [0.4, 0.5) is 18.9 Å². The number of ether oxygens (including phenoxy) is 1. The highest BCUT2D eigenvalue weighted by Crippen LogP contribution is 2.31. The molecular weight excluding hydrogens is 229 g/mol. The fourth-order valence-electron chi connectivity index (χ4n) is 0.849. The zero-order valence-corrected chi connectivity index (χ0v) is 8.02. The zero-order valence-electron chi connectivity index (χ0n) is 7.21. The second kappa shape index (κ2) is 4.31. The number of nitrogens with two attached hydrogens (primary N) is 1. The molecule has 1 rings (SSSR count). The number of hydrogen-bond acceptors (Lipinski definition) is 4.